The van der Waals surface area contributed by atoms with E-state index >= 15 is 0 Å². The number of halogens is 1. The summed E-state index contributed by atoms with van der Waals surface area (Å²) in [5.74, 6) is 0.0223. The van der Waals surface area contributed by atoms with Gasteiger partial charge in [-0.25, -0.2) is 4.79 Å². The molecule has 0 atom stereocenters. The van der Waals surface area contributed by atoms with Crippen molar-refractivity contribution in [3.05, 3.63) is 59.2 Å². The number of amides is 2. The number of hydrogen-bond donors (Lipinski definition) is 1. The van der Waals surface area contributed by atoms with Gasteiger partial charge in [0.15, 0.2) is 0 Å². The zero-order chi connectivity index (χ0) is 20.5. The smallest absolute Gasteiger partial charge is 0.414 e. The number of anilines is 2. The van der Waals surface area contributed by atoms with E-state index in [9.17, 15) is 9.59 Å². The van der Waals surface area contributed by atoms with E-state index in [-0.39, 0.29) is 30.4 Å². The number of nitrogens with one attached hydrogen (secondary N) is 1. The summed E-state index contributed by atoms with van der Waals surface area (Å²) >= 11 is 0. The number of rotatable bonds is 4. The van der Waals surface area contributed by atoms with Crippen molar-refractivity contribution in [2.24, 2.45) is 0 Å². The Hall–Kier alpha value is -2.57. The maximum absolute atomic E-state index is 12.5. The largest absolute Gasteiger partial charge is 0.444 e. The lowest BCUT2D eigenvalue weighted by Crippen LogP contribution is -2.50. The number of cyclic esters (lactones) is 1. The summed E-state index contributed by atoms with van der Waals surface area (Å²) in [5, 5.41) is 3.05. The third kappa shape index (κ3) is 4.55. The van der Waals surface area contributed by atoms with Crippen molar-refractivity contribution in [2.75, 3.05) is 29.9 Å². The zero-order valence-corrected chi connectivity index (χ0v) is 18.3. The second kappa shape index (κ2) is 9.28. The van der Waals surface area contributed by atoms with E-state index in [2.05, 4.69) is 22.3 Å². The van der Waals surface area contributed by atoms with E-state index in [0.29, 0.717) is 13.2 Å². The second-order valence-corrected chi connectivity index (χ2v) is 8.45. The summed E-state index contributed by atoms with van der Waals surface area (Å²) in [6, 6.07) is 14.3. The van der Waals surface area contributed by atoms with Gasteiger partial charge in [0, 0.05) is 30.4 Å². The summed E-state index contributed by atoms with van der Waals surface area (Å²) in [4.78, 5) is 28.9. The van der Waals surface area contributed by atoms with Crippen molar-refractivity contribution >= 4 is 35.8 Å². The van der Waals surface area contributed by atoms with Gasteiger partial charge in [-0.3, -0.25) is 14.6 Å². The molecule has 164 valence electrons. The fourth-order valence-corrected chi connectivity index (χ4v) is 4.91. The molecule has 0 unspecified atom stereocenters. The fourth-order valence-electron chi connectivity index (χ4n) is 4.91. The fraction of sp³-hybridized carbons (Fsp3) is 0.417. The Kier molecular flexibility index (Phi) is 6.49. The van der Waals surface area contributed by atoms with Crippen LogP contribution in [0.4, 0.5) is 16.2 Å². The number of carbonyl (C=O) groups is 2. The number of ether oxygens (including phenoxy) is 1. The highest BCUT2D eigenvalue weighted by Gasteiger charge is 2.34. The molecule has 2 aromatic carbocycles. The zero-order valence-electron chi connectivity index (χ0n) is 17.5. The van der Waals surface area contributed by atoms with Crippen LogP contribution in [0.25, 0.3) is 0 Å². The monoisotopic (exact) mass is 441 g/mol. The van der Waals surface area contributed by atoms with Crippen molar-refractivity contribution in [3.63, 3.8) is 0 Å². The van der Waals surface area contributed by atoms with E-state index in [1.807, 2.05) is 30.3 Å². The van der Waals surface area contributed by atoms with Gasteiger partial charge in [0.1, 0.15) is 6.61 Å². The molecule has 3 aliphatic rings. The average molecular weight is 442 g/mol. The number of para-hydroxylation sites is 1. The van der Waals surface area contributed by atoms with Gasteiger partial charge in [-0.05, 0) is 61.4 Å². The van der Waals surface area contributed by atoms with E-state index in [0.717, 1.165) is 55.7 Å². The third-order valence-electron chi connectivity index (χ3n) is 6.47. The number of carbonyl (C=O) groups excluding carboxylic acids is 2. The van der Waals surface area contributed by atoms with Gasteiger partial charge in [-0.15, -0.1) is 12.4 Å². The third-order valence-corrected chi connectivity index (χ3v) is 6.47. The second-order valence-electron chi connectivity index (χ2n) is 8.45. The summed E-state index contributed by atoms with van der Waals surface area (Å²) in [6.45, 7) is 2.29. The number of nitrogens with zero attached hydrogens (tertiary/aromatic N) is 2. The van der Waals surface area contributed by atoms with Crippen molar-refractivity contribution in [1.29, 1.82) is 0 Å². The van der Waals surface area contributed by atoms with Crippen LogP contribution >= 0.6 is 12.4 Å². The van der Waals surface area contributed by atoms with Crippen molar-refractivity contribution in [2.45, 2.75) is 44.8 Å². The van der Waals surface area contributed by atoms with Gasteiger partial charge >= 0.3 is 6.09 Å². The standard InChI is InChI=1S/C24H27N3O3.ClH/c28-23(25-20-9-8-17-5-3-6-18(17)14-20)15-26-12-10-21(11-13-26)27-22-7-2-1-4-19(22)16-30-24(27)29;/h1-2,4,7-9,14,21H,3,5-6,10-13,15-16H2,(H,25,28);1H. The number of fused-ring (bicyclic) bond motifs is 2. The molecule has 0 aromatic heterocycles. The van der Waals surface area contributed by atoms with Crippen molar-refractivity contribution in [3.8, 4) is 0 Å². The SMILES string of the molecule is Cl.O=C(CN1CCC(N2C(=O)OCc3ccccc32)CC1)Nc1ccc2c(c1)CCC2. The highest BCUT2D eigenvalue weighted by molar-refractivity contribution is 5.92. The Bertz CT molecular complexity index is 972. The molecule has 31 heavy (non-hydrogen) atoms. The first-order valence-corrected chi connectivity index (χ1v) is 10.9. The Morgan fingerprint density at radius 1 is 1.03 bits per heavy atom. The molecule has 0 spiro atoms. The van der Waals surface area contributed by atoms with Crippen molar-refractivity contribution in [1.82, 2.24) is 4.90 Å². The number of benzene rings is 2. The van der Waals surface area contributed by atoms with E-state index in [4.69, 9.17) is 4.74 Å². The number of piperidine rings is 1. The number of likely N-dealkylation sites (tertiary alicyclic amines) is 1. The lowest BCUT2D eigenvalue weighted by Gasteiger charge is -2.40. The number of aryl methyl sites for hydroxylation is 2. The average Bonchev–Trinajstić information content (AvgIpc) is 3.22. The highest BCUT2D eigenvalue weighted by Crippen LogP contribution is 2.31. The van der Waals surface area contributed by atoms with Crippen LogP contribution in [0.1, 0.15) is 36.0 Å². The number of hydrogen-bond acceptors (Lipinski definition) is 4. The first-order valence-electron chi connectivity index (χ1n) is 10.9. The van der Waals surface area contributed by atoms with Crippen LogP contribution < -0.4 is 10.2 Å². The first-order chi connectivity index (χ1) is 14.7. The summed E-state index contributed by atoms with van der Waals surface area (Å²) in [6.07, 6.45) is 4.85. The molecule has 1 aliphatic carbocycles. The molecule has 2 aliphatic heterocycles. The minimum atomic E-state index is -0.262. The van der Waals surface area contributed by atoms with Crippen LogP contribution in [-0.2, 0) is 29.0 Å². The first kappa shape index (κ1) is 21.7. The maximum Gasteiger partial charge on any atom is 0.414 e. The molecule has 2 heterocycles. The van der Waals surface area contributed by atoms with Crippen LogP contribution in [0.3, 0.4) is 0 Å². The quantitative estimate of drug-likeness (QED) is 0.774. The molecule has 6 nitrogen and oxygen atoms in total. The van der Waals surface area contributed by atoms with Gasteiger partial charge in [0.05, 0.1) is 12.2 Å². The lowest BCUT2D eigenvalue weighted by atomic mass is 10.0. The molecular weight excluding hydrogens is 414 g/mol. The molecular formula is C24H28ClN3O3. The van der Waals surface area contributed by atoms with Crippen LogP contribution in [0.2, 0.25) is 0 Å². The minimum absolute atomic E-state index is 0. The molecule has 2 aromatic rings. The molecule has 2 amide bonds. The Morgan fingerprint density at radius 3 is 2.65 bits per heavy atom. The normalized spacial score (nSPS) is 18.6. The lowest BCUT2D eigenvalue weighted by molar-refractivity contribution is -0.117. The van der Waals surface area contributed by atoms with Gasteiger partial charge < -0.3 is 10.1 Å². The summed E-state index contributed by atoms with van der Waals surface area (Å²) in [7, 11) is 0. The van der Waals surface area contributed by atoms with Crippen LogP contribution in [0, 0.1) is 0 Å². The van der Waals surface area contributed by atoms with Crippen molar-refractivity contribution < 1.29 is 14.3 Å². The molecule has 5 rings (SSSR count). The van der Waals surface area contributed by atoms with E-state index in [1.54, 1.807) is 4.90 Å². The maximum atomic E-state index is 12.5. The molecule has 1 saturated heterocycles. The Morgan fingerprint density at radius 2 is 1.81 bits per heavy atom. The predicted octanol–water partition coefficient (Wildman–Crippen LogP) is 4.16. The Balaban J connectivity index is 0.00000231. The predicted molar refractivity (Wildman–Crippen MR) is 123 cm³/mol. The minimum Gasteiger partial charge on any atom is -0.444 e. The van der Waals surface area contributed by atoms with Crippen LogP contribution in [0.15, 0.2) is 42.5 Å². The van der Waals surface area contributed by atoms with E-state index < -0.39 is 0 Å². The molecule has 0 saturated carbocycles. The van der Waals surface area contributed by atoms with Crippen LogP contribution in [-0.4, -0.2) is 42.6 Å². The van der Waals surface area contributed by atoms with Gasteiger partial charge in [-0.1, -0.05) is 24.3 Å². The Labute approximate surface area is 189 Å². The van der Waals surface area contributed by atoms with Gasteiger partial charge in [-0.2, -0.15) is 0 Å². The van der Waals surface area contributed by atoms with Crippen LogP contribution in [0.5, 0.6) is 0 Å². The molecule has 7 heteroatoms. The summed E-state index contributed by atoms with van der Waals surface area (Å²) in [5.41, 5.74) is 5.67. The molecule has 1 fully saturated rings. The molecule has 0 bridgehead atoms. The highest BCUT2D eigenvalue weighted by atomic mass is 35.5. The van der Waals surface area contributed by atoms with E-state index in [1.165, 1.54) is 17.5 Å². The van der Waals surface area contributed by atoms with Gasteiger partial charge in [0.25, 0.3) is 0 Å². The molecule has 1 N–H and O–H groups in total. The van der Waals surface area contributed by atoms with Gasteiger partial charge in [0.2, 0.25) is 5.91 Å². The summed E-state index contributed by atoms with van der Waals surface area (Å²) < 4.78 is 5.37. The molecule has 0 radical (unpaired) electrons. The topological polar surface area (TPSA) is 61.9 Å².